The van der Waals surface area contributed by atoms with Gasteiger partial charge in [0.2, 0.25) is 0 Å². The van der Waals surface area contributed by atoms with Crippen molar-refractivity contribution >= 4 is 11.8 Å². The molecule has 0 bridgehead atoms. The summed E-state index contributed by atoms with van der Waals surface area (Å²) in [6.07, 6.45) is -0.547. The van der Waals surface area contributed by atoms with Crippen molar-refractivity contribution in [3.63, 3.8) is 0 Å². The highest BCUT2D eigenvalue weighted by Crippen LogP contribution is 2.19. The van der Waals surface area contributed by atoms with E-state index in [-0.39, 0.29) is 10.3 Å². The molecule has 7 heteroatoms. The number of aromatic nitrogens is 3. The zero-order valence-corrected chi connectivity index (χ0v) is 10.5. The van der Waals surface area contributed by atoms with Crippen LogP contribution in [0.4, 0.5) is 0 Å². The molecule has 0 fully saturated rings. The van der Waals surface area contributed by atoms with E-state index >= 15 is 0 Å². The molecule has 0 aliphatic rings. The second kappa shape index (κ2) is 4.84. The van der Waals surface area contributed by atoms with Gasteiger partial charge in [-0.15, -0.1) is 0 Å². The van der Waals surface area contributed by atoms with Crippen LogP contribution in [-0.2, 0) is 14.1 Å². The van der Waals surface area contributed by atoms with E-state index in [1.807, 2.05) is 0 Å². The van der Waals surface area contributed by atoms with Crippen molar-refractivity contribution in [1.82, 2.24) is 14.3 Å². The Hall–Kier alpha value is -1.08. The third-order valence-corrected chi connectivity index (χ3v) is 3.51. The van der Waals surface area contributed by atoms with Crippen molar-refractivity contribution in [2.24, 2.45) is 14.1 Å². The fourth-order valence-corrected chi connectivity index (χ4v) is 1.97. The summed E-state index contributed by atoms with van der Waals surface area (Å²) >= 11 is 1.16. The van der Waals surface area contributed by atoms with Crippen LogP contribution in [0.15, 0.2) is 14.6 Å². The molecule has 0 saturated carbocycles. The van der Waals surface area contributed by atoms with Gasteiger partial charge in [0.15, 0.2) is 5.03 Å². The lowest BCUT2D eigenvalue weighted by atomic mass is 10.3. The monoisotopic (exact) mass is 245 g/mol. The number of aliphatic hydroxyl groups excluding tert-OH is 1. The molecular weight excluding hydrogens is 230 g/mol. The molecule has 0 saturated heterocycles. The predicted octanol–water partition coefficient (Wildman–Crippen LogP) is -0.660. The summed E-state index contributed by atoms with van der Waals surface area (Å²) in [6.45, 7) is 3.44. The van der Waals surface area contributed by atoms with Crippen LogP contribution in [0, 0.1) is 0 Å². The molecule has 0 aliphatic heterocycles. The van der Waals surface area contributed by atoms with E-state index in [1.165, 1.54) is 14.1 Å². The van der Waals surface area contributed by atoms with Crippen LogP contribution < -0.4 is 11.2 Å². The van der Waals surface area contributed by atoms with Gasteiger partial charge in [-0.25, -0.2) is 9.48 Å². The van der Waals surface area contributed by atoms with Crippen LogP contribution in [0.25, 0.3) is 0 Å². The molecule has 0 radical (unpaired) electrons. The molecule has 0 aromatic carbocycles. The van der Waals surface area contributed by atoms with Gasteiger partial charge in [-0.2, -0.15) is 5.10 Å². The Morgan fingerprint density at radius 3 is 2.38 bits per heavy atom. The molecule has 0 spiro atoms. The average Bonchev–Trinajstić information content (AvgIpc) is 2.22. The van der Waals surface area contributed by atoms with Crippen molar-refractivity contribution in [2.45, 2.75) is 30.2 Å². The van der Waals surface area contributed by atoms with Crippen molar-refractivity contribution in [3.8, 4) is 0 Å². The Morgan fingerprint density at radius 2 is 1.88 bits per heavy atom. The Kier molecular flexibility index (Phi) is 3.93. The van der Waals surface area contributed by atoms with Crippen LogP contribution in [0.3, 0.4) is 0 Å². The minimum absolute atomic E-state index is 0.155. The van der Waals surface area contributed by atoms with Gasteiger partial charge >= 0.3 is 5.69 Å². The second-order valence-electron chi connectivity index (χ2n) is 3.64. The summed E-state index contributed by atoms with van der Waals surface area (Å²) < 4.78 is 2.11. The smallest absolute Gasteiger partial charge is 0.346 e. The van der Waals surface area contributed by atoms with Gasteiger partial charge in [-0.05, 0) is 6.92 Å². The molecule has 6 nitrogen and oxygen atoms in total. The maximum Gasteiger partial charge on any atom is 0.346 e. The maximum absolute atomic E-state index is 11.7. The van der Waals surface area contributed by atoms with Crippen LogP contribution >= 0.6 is 11.8 Å². The predicted molar refractivity (Wildman–Crippen MR) is 61.7 cm³/mol. The lowest BCUT2D eigenvalue weighted by molar-refractivity contribution is 0.196. The van der Waals surface area contributed by atoms with E-state index in [2.05, 4.69) is 5.10 Å². The topological polar surface area (TPSA) is 77.1 Å². The Bertz CT molecular complexity index is 492. The molecule has 2 atom stereocenters. The largest absolute Gasteiger partial charge is 0.392 e. The molecule has 16 heavy (non-hydrogen) atoms. The second-order valence-corrected chi connectivity index (χ2v) is 5.01. The van der Waals surface area contributed by atoms with E-state index in [4.69, 9.17) is 0 Å². The first kappa shape index (κ1) is 13.0. The molecular formula is C9H15N3O3S. The number of aryl methyl sites for hydroxylation is 1. The summed E-state index contributed by atoms with van der Waals surface area (Å²) in [5.41, 5.74) is -0.889. The third-order valence-electron chi connectivity index (χ3n) is 2.27. The van der Waals surface area contributed by atoms with Crippen molar-refractivity contribution in [2.75, 3.05) is 0 Å². The molecule has 2 unspecified atom stereocenters. The fourth-order valence-electron chi connectivity index (χ4n) is 1.02. The lowest BCUT2D eigenvalue weighted by Gasteiger charge is -2.13. The van der Waals surface area contributed by atoms with Crippen LogP contribution in [0.2, 0.25) is 0 Å². The van der Waals surface area contributed by atoms with Gasteiger partial charge in [0.1, 0.15) is 0 Å². The highest BCUT2D eigenvalue weighted by molar-refractivity contribution is 7.99. The first-order chi connectivity index (χ1) is 7.34. The quantitative estimate of drug-likeness (QED) is 0.715. The van der Waals surface area contributed by atoms with Gasteiger partial charge in [-0.3, -0.25) is 9.36 Å². The molecule has 0 aliphatic carbocycles. The molecule has 90 valence electrons. The van der Waals surface area contributed by atoms with Crippen LogP contribution in [-0.4, -0.2) is 30.8 Å². The van der Waals surface area contributed by atoms with E-state index < -0.39 is 17.4 Å². The van der Waals surface area contributed by atoms with Gasteiger partial charge in [0.05, 0.1) is 6.10 Å². The molecule has 1 heterocycles. The lowest BCUT2D eigenvalue weighted by Crippen LogP contribution is -2.39. The van der Waals surface area contributed by atoms with E-state index in [9.17, 15) is 14.7 Å². The third kappa shape index (κ3) is 2.53. The number of thioether (sulfide) groups is 1. The highest BCUT2D eigenvalue weighted by atomic mass is 32.2. The molecule has 0 amide bonds. The normalized spacial score (nSPS) is 14.8. The van der Waals surface area contributed by atoms with E-state index in [0.717, 1.165) is 21.0 Å². The van der Waals surface area contributed by atoms with Crippen LogP contribution in [0.1, 0.15) is 13.8 Å². The van der Waals surface area contributed by atoms with Gasteiger partial charge in [0.25, 0.3) is 5.56 Å². The van der Waals surface area contributed by atoms with Crippen molar-refractivity contribution in [1.29, 1.82) is 0 Å². The summed E-state index contributed by atoms with van der Waals surface area (Å²) in [4.78, 5) is 23.1. The summed E-state index contributed by atoms with van der Waals surface area (Å²) in [7, 11) is 2.89. The number of hydrogen-bond acceptors (Lipinski definition) is 5. The zero-order valence-electron chi connectivity index (χ0n) is 9.67. The van der Waals surface area contributed by atoms with Gasteiger partial charge < -0.3 is 5.11 Å². The van der Waals surface area contributed by atoms with Crippen LogP contribution in [0.5, 0.6) is 0 Å². The Morgan fingerprint density at radius 1 is 1.31 bits per heavy atom. The fraction of sp³-hybridized carbons (Fsp3) is 0.667. The number of aliphatic hydroxyl groups is 1. The molecule has 1 aromatic heterocycles. The van der Waals surface area contributed by atoms with Gasteiger partial charge in [-0.1, -0.05) is 18.7 Å². The number of nitrogens with zero attached hydrogens (tertiary/aromatic N) is 3. The van der Waals surface area contributed by atoms with Gasteiger partial charge in [0, 0.05) is 19.3 Å². The molecule has 1 rings (SSSR count). The van der Waals surface area contributed by atoms with E-state index in [0.29, 0.717) is 0 Å². The highest BCUT2D eigenvalue weighted by Gasteiger charge is 2.16. The SMILES string of the molecule is CC(O)C(C)Sc1nn(C)c(=O)n(C)c1=O. The van der Waals surface area contributed by atoms with Crippen molar-refractivity contribution < 1.29 is 5.11 Å². The standard InChI is InChI=1S/C9H15N3O3S/c1-5(13)6(2)16-7-8(14)11(3)9(15)12(4)10-7/h5-6,13H,1-4H3. The minimum Gasteiger partial charge on any atom is -0.392 e. The zero-order chi connectivity index (χ0) is 12.5. The number of rotatable bonds is 3. The number of hydrogen-bond donors (Lipinski definition) is 1. The minimum atomic E-state index is -0.547. The summed E-state index contributed by atoms with van der Waals surface area (Å²) in [5.74, 6) is 0. The molecule has 1 aromatic rings. The first-order valence-corrected chi connectivity index (χ1v) is 5.71. The summed E-state index contributed by atoms with van der Waals surface area (Å²) in [6, 6.07) is 0. The van der Waals surface area contributed by atoms with Crippen molar-refractivity contribution in [3.05, 3.63) is 20.8 Å². The average molecular weight is 245 g/mol. The maximum atomic E-state index is 11.7. The Labute approximate surface area is 96.9 Å². The summed E-state index contributed by atoms with van der Waals surface area (Å²) in [5, 5.41) is 13.3. The van der Waals surface area contributed by atoms with E-state index in [1.54, 1.807) is 13.8 Å². The Balaban J connectivity index is 3.17. The first-order valence-electron chi connectivity index (χ1n) is 4.83. The molecule has 1 N–H and O–H groups in total.